The lowest BCUT2D eigenvalue weighted by Crippen LogP contribution is -2.28. The van der Waals surface area contributed by atoms with Gasteiger partial charge in [-0.1, -0.05) is 43.3 Å². The van der Waals surface area contributed by atoms with E-state index in [-0.39, 0.29) is 16.9 Å². The van der Waals surface area contributed by atoms with Crippen LogP contribution >= 0.6 is 0 Å². The molecule has 0 spiro atoms. The summed E-state index contributed by atoms with van der Waals surface area (Å²) in [5.41, 5.74) is 2.03. The number of hydrogen-bond acceptors (Lipinski definition) is 2. The van der Waals surface area contributed by atoms with Crippen molar-refractivity contribution in [2.45, 2.75) is 25.6 Å². The van der Waals surface area contributed by atoms with Crippen molar-refractivity contribution in [3.8, 4) is 0 Å². The number of benzene rings is 2. The number of carbonyl (C=O) groups excluding carboxylic acids is 1. The molecule has 4 nitrogen and oxygen atoms in total. The van der Waals surface area contributed by atoms with Gasteiger partial charge in [-0.05, 0) is 23.3 Å². The highest BCUT2D eigenvalue weighted by atomic mass is 19.4. The van der Waals surface area contributed by atoms with Gasteiger partial charge in [-0.2, -0.15) is 13.2 Å². The maximum Gasteiger partial charge on any atom is 0.449 e. The minimum atomic E-state index is -4.53. The number of fused-ring (bicyclic) bond motifs is 1. The smallest absolute Gasteiger partial charge is 0.345 e. The Morgan fingerprint density at radius 1 is 1.16 bits per heavy atom. The first-order valence-electron chi connectivity index (χ1n) is 7.79. The zero-order chi connectivity index (χ0) is 18.0. The number of nitrogens with zero attached hydrogens (tertiary/aromatic N) is 1. The van der Waals surface area contributed by atoms with Crippen LogP contribution in [-0.4, -0.2) is 15.9 Å². The van der Waals surface area contributed by atoms with Gasteiger partial charge in [0.25, 0.3) is 0 Å². The number of nitrogens with one attached hydrogen (secondary N) is 2. The van der Waals surface area contributed by atoms with Crippen molar-refractivity contribution in [3.05, 3.63) is 65.5 Å². The van der Waals surface area contributed by atoms with Gasteiger partial charge in [0.05, 0.1) is 17.1 Å². The first-order valence-corrected chi connectivity index (χ1v) is 7.79. The van der Waals surface area contributed by atoms with E-state index in [1.54, 1.807) is 19.1 Å². The quantitative estimate of drug-likeness (QED) is 0.743. The van der Waals surface area contributed by atoms with Crippen molar-refractivity contribution in [2.24, 2.45) is 0 Å². The monoisotopic (exact) mass is 347 g/mol. The number of amides is 1. The summed E-state index contributed by atoms with van der Waals surface area (Å²) in [6, 6.07) is 13.6. The Bertz CT molecular complexity index is 887. The van der Waals surface area contributed by atoms with E-state index in [1.807, 2.05) is 30.3 Å². The Hall–Kier alpha value is -2.83. The fourth-order valence-electron chi connectivity index (χ4n) is 2.61. The van der Waals surface area contributed by atoms with Crippen LogP contribution in [0.1, 0.15) is 36.3 Å². The van der Waals surface area contributed by atoms with E-state index in [0.29, 0.717) is 12.0 Å². The van der Waals surface area contributed by atoms with Crippen LogP contribution in [0.25, 0.3) is 11.0 Å². The summed E-state index contributed by atoms with van der Waals surface area (Å²) in [7, 11) is 0. The van der Waals surface area contributed by atoms with E-state index < -0.39 is 18.0 Å². The number of rotatable bonds is 4. The fraction of sp³-hybridized carbons (Fsp3) is 0.222. The zero-order valence-corrected chi connectivity index (χ0v) is 13.4. The molecule has 1 unspecified atom stereocenters. The zero-order valence-electron chi connectivity index (χ0n) is 13.4. The molecule has 0 aliphatic rings. The Kier molecular flexibility index (Phi) is 4.48. The lowest BCUT2D eigenvalue weighted by Gasteiger charge is -2.19. The van der Waals surface area contributed by atoms with Crippen LogP contribution in [0.5, 0.6) is 0 Å². The summed E-state index contributed by atoms with van der Waals surface area (Å²) < 4.78 is 38.5. The third-order valence-corrected chi connectivity index (χ3v) is 3.87. The largest absolute Gasteiger partial charge is 0.449 e. The Morgan fingerprint density at radius 2 is 1.88 bits per heavy atom. The third kappa shape index (κ3) is 3.65. The van der Waals surface area contributed by atoms with Crippen LogP contribution in [0.2, 0.25) is 0 Å². The summed E-state index contributed by atoms with van der Waals surface area (Å²) in [5.74, 6) is -1.18. The van der Waals surface area contributed by atoms with Crippen molar-refractivity contribution < 1.29 is 18.0 Å². The number of imidazole rings is 1. The summed E-state index contributed by atoms with van der Waals surface area (Å²) >= 11 is 0. The summed E-state index contributed by atoms with van der Waals surface area (Å²) in [4.78, 5) is 17.8. The third-order valence-electron chi connectivity index (χ3n) is 3.87. The topological polar surface area (TPSA) is 57.8 Å². The average molecular weight is 347 g/mol. The molecule has 25 heavy (non-hydrogen) atoms. The molecule has 0 bridgehead atoms. The second-order valence-electron chi connectivity index (χ2n) is 5.62. The molecule has 1 heterocycles. The second kappa shape index (κ2) is 6.58. The molecule has 0 aliphatic heterocycles. The van der Waals surface area contributed by atoms with Crippen molar-refractivity contribution in [3.63, 3.8) is 0 Å². The van der Waals surface area contributed by atoms with Gasteiger partial charge in [-0.3, -0.25) is 4.79 Å². The number of halogens is 3. The molecule has 1 amide bonds. The van der Waals surface area contributed by atoms with Gasteiger partial charge in [-0.25, -0.2) is 4.98 Å². The first kappa shape index (κ1) is 17.0. The highest BCUT2D eigenvalue weighted by molar-refractivity contribution is 5.78. The van der Waals surface area contributed by atoms with Gasteiger partial charge in [0.15, 0.2) is 0 Å². The molecular weight excluding hydrogens is 331 g/mol. The van der Waals surface area contributed by atoms with Gasteiger partial charge in [0.1, 0.15) is 0 Å². The SMILES string of the molecule is CCC(=O)NC(c1ccccc1)c1ccc2nc(C(F)(F)F)[nH]c2c1. The summed E-state index contributed by atoms with van der Waals surface area (Å²) in [6.45, 7) is 1.74. The van der Waals surface area contributed by atoms with Gasteiger partial charge in [-0.15, -0.1) is 0 Å². The van der Waals surface area contributed by atoms with Gasteiger partial charge >= 0.3 is 6.18 Å². The predicted octanol–water partition coefficient (Wildman–Crippen LogP) is 4.20. The highest BCUT2D eigenvalue weighted by Gasteiger charge is 2.34. The maximum atomic E-state index is 12.8. The molecule has 0 radical (unpaired) electrons. The molecule has 130 valence electrons. The molecule has 1 atom stereocenters. The van der Waals surface area contributed by atoms with Crippen LogP contribution in [0, 0.1) is 0 Å². The second-order valence-corrected chi connectivity index (χ2v) is 5.62. The van der Waals surface area contributed by atoms with E-state index in [9.17, 15) is 18.0 Å². The number of carbonyl (C=O) groups is 1. The molecule has 2 aromatic carbocycles. The summed E-state index contributed by atoms with van der Waals surface area (Å²) in [5, 5.41) is 2.91. The van der Waals surface area contributed by atoms with Crippen molar-refractivity contribution in [2.75, 3.05) is 0 Å². The van der Waals surface area contributed by atoms with Crippen LogP contribution in [0.15, 0.2) is 48.5 Å². The molecule has 3 aromatic rings. The molecule has 0 aliphatic carbocycles. The Labute approximate surface area is 142 Å². The molecule has 0 saturated carbocycles. The number of H-pyrrole nitrogens is 1. The van der Waals surface area contributed by atoms with Gasteiger partial charge < -0.3 is 10.3 Å². The molecule has 0 fully saturated rings. The van der Waals surface area contributed by atoms with Crippen LogP contribution < -0.4 is 5.32 Å². The molecule has 1 aromatic heterocycles. The fourth-order valence-corrected chi connectivity index (χ4v) is 2.61. The average Bonchev–Trinajstić information content (AvgIpc) is 3.03. The van der Waals surface area contributed by atoms with Crippen molar-refractivity contribution in [1.29, 1.82) is 0 Å². The lowest BCUT2D eigenvalue weighted by atomic mass is 9.98. The molecular formula is C18H16F3N3O. The van der Waals surface area contributed by atoms with Crippen molar-refractivity contribution in [1.82, 2.24) is 15.3 Å². The van der Waals surface area contributed by atoms with E-state index in [2.05, 4.69) is 15.3 Å². The standard InChI is InChI=1S/C18H16F3N3O/c1-2-15(25)24-16(11-6-4-3-5-7-11)12-8-9-13-14(10-12)23-17(22-13)18(19,20)21/h3-10,16H,2H2,1H3,(H,22,23)(H,24,25). The lowest BCUT2D eigenvalue weighted by molar-refractivity contribution is -0.144. The number of aromatic nitrogens is 2. The Morgan fingerprint density at radius 3 is 2.52 bits per heavy atom. The number of aromatic amines is 1. The van der Waals surface area contributed by atoms with E-state index in [0.717, 1.165) is 5.56 Å². The van der Waals surface area contributed by atoms with E-state index >= 15 is 0 Å². The highest BCUT2D eigenvalue weighted by Crippen LogP contribution is 2.30. The molecule has 0 saturated heterocycles. The van der Waals surface area contributed by atoms with Crippen LogP contribution in [-0.2, 0) is 11.0 Å². The maximum absolute atomic E-state index is 12.8. The van der Waals surface area contributed by atoms with Crippen molar-refractivity contribution >= 4 is 16.9 Å². The number of hydrogen-bond donors (Lipinski definition) is 2. The van der Waals surface area contributed by atoms with E-state index in [4.69, 9.17) is 0 Å². The normalized spacial score (nSPS) is 13.0. The van der Waals surface area contributed by atoms with E-state index in [1.165, 1.54) is 6.07 Å². The van der Waals surface area contributed by atoms with Gasteiger partial charge in [0, 0.05) is 6.42 Å². The molecule has 2 N–H and O–H groups in total. The van der Waals surface area contributed by atoms with Gasteiger partial charge in [0.2, 0.25) is 11.7 Å². The first-order chi connectivity index (χ1) is 11.9. The number of alkyl halides is 3. The molecule has 7 heteroatoms. The predicted molar refractivity (Wildman–Crippen MR) is 87.8 cm³/mol. The van der Waals surface area contributed by atoms with Crippen LogP contribution in [0.3, 0.4) is 0 Å². The molecule has 3 rings (SSSR count). The Balaban J connectivity index is 2.04. The van der Waals surface area contributed by atoms with Crippen LogP contribution in [0.4, 0.5) is 13.2 Å². The minimum absolute atomic E-state index is 0.144. The minimum Gasteiger partial charge on any atom is -0.345 e. The summed E-state index contributed by atoms with van der Waals surface area (Å²) in [6.07, 6.45) is -4.22.